The number of nitrogens with one attached hydrogen (secondary N) is 1. The van der Waals surface area contributed by atoms with Gasteiger partial charge in [-0.3, -0.25) is 4.79 Å². The van der Waals surface area contributed by atoms with Gasteiger partial charge < -0.3 is 10.1 Å². The quantitative estimate of drug-likeness (QED) is 0.844. The maximum Gasteiger partial charge on any atom is 0.340 e. The number of benzene rings is 1. The second kappa shape index (κ2) is 8.13. The van der Waals surface area contributed by atoms with Gasteiger partial charge in [0.05, 0.1) is 10.6 Å². The van der Waals surface area contributed by atoms with E-state index in [1.54, 1.807) is 0 Å². The zero-order chi connectivity index (χ0) is 15.9. The molecule has 0 atom stereocenters. The fraction of sp³-hybridized carbons (Fsp3) is 0.500. The molecule has 2 rings (SSSR count). The SMILES string of the molecule is O=C(COC(=O)c1ccc(F)cc1Cl)NCC1CCCCC1. The normalized spacial score (nSPS) is 15.4. The predicted octanol–water partition coefficient (Wildman–Crippen LogP) is 3.33. The van der Waals surface area contributed by atoms with Crippen LogP contribution in [0, 0.1) is 11.7 Å². The molecule has 1 N–H and O–H groups in total. The van der Waals surface area contributed by atoms with Crippen molar-refractivity contribution in [2.45, 2.75) is 32.1 Å². The molecule has 6 heteroatoms. The van der Waals surface area contributed by atoms with Crippen molar-refractivity contribution in [2.24, 2.45) is 5.92 Å². The van der Waals surface area contributed by atoms with Crippen LogP contribution in [0.2, 0.25) is 5.02 Å². The molecule has 1 fully saturated rings. The molecule has 1 saturated carbocycles. The number of amides is 1. The molecule has 0 bridgehead atoms. The Kier molecular flexibility index (Phi) is 6.19. The predicted molar refractivity (Wildman–Crippen MR) is 81.3 cm³/mol. The van der Waals surface area contributed by atoms with Crippen molar-refractivity contribution in [2.75, 3.05) is 13.2 Å². The molecule has 0 aliphatic heterocycles. The number of halogens is 2. The van der Waals surface area contributed by atoms with E-state index in [4.69, 9.17) is 16.3 Å². The number of hydrogen-bond donors (Lipinski definition) is 1. The first kappa shape index (κ1) is 16.7. The summed E-state index contributed by atoms with van der Waals surface area (Å²) in [5.41, 5.74) is 0.0446. The van der Waals surface area contributed by atoms with E-state index in [1.807, 2.05) is 0 Å². The number of hydrogen-bond acceptors (Lipinski definition) is 3. The van der Waals surface area contributed by atoms with Crippen LogP contribution in [0.4, 0.5) is 4.39 Å². The van der Waals surface area contributed by atoms with E-state index in [1.165, 1.54) is 25.3 Å². The van der Waals surface area contributed by atoms with Gasteiger partial charge in [-0.1, -0.05) is 30.9 Å². The molecule has 0 unspecified atom stereocenters. The van der Waals surface area contributed by atoms with Crippen molar-refractivity contribution in [3.63, 3.8) is 0 Å². The van der Waals surface area contributed by atoms with E-state index in [-0.39, 0.29) is 23.1 Å². The molecule has 0 aromatic heterocycles. The summed E-state index contributed by atoms with van der Waals surface area (Å²) in [5, 5.41) is 2.74. The van der Waals surface area contributed by atoms with Gasteiger partial charge in [0.15, 0.2) is 6.61 Å². The minimum absolute atomic E-state index is 0.0346. The minimum Gasteiger partial charge on any atom is -0.452 e. The second-order valence-corrected chi connectivity index (χ2v) is 5.92. The minimum atomic E-state index is -0.738. The molecule has 1 aliphatic carbocycles. The zero-order valence-corrected chi connectivity index (χ0v) is 13.0. The highest BCUT2D eigenvalue weighted by Crippen LogP contribution is 2.22. The van der Waals surface area contributed by atoms with Crippen molar-refractivity contribution in [1.29, 1.82) is 0 Å². The lowest BCUT2D eigenvalue weighted by Crippen LogP contribution is -2.33. The molecule has 4 nitrogen and oxygen atoms in total. The first-order valence-electron chi connectivity index (χ1n) is 7.45. The van der Waals surface area contributed by atoms with Crippen molar-refractivity contribution in [3.05, 3.63) is 34.6 Å². The van der Waals surface area contributed by atoms with E-state index in [0.29, 0.717) is 12.5 Å². The molecule has 0 radical (unpaired) electrons. The van der Waals surface area contributed by atoms with E-state index in [2.05, 4.69) is 5.32 Å². The van der Waals surface area contributed by atoms with Gasteiger partial charge in [0.1, 0.15) is 5.82 Å². The number of rotatable bonds is 5. The maximum absolute atomic E-state index is 12.9. The first-order valence-corrected chi connectivity index (χ1v) is 7.83. The standard InChI is InChI=1S/C16H19ClFNO3/c17-14-8-12(18)6-7-13(14)16(21)22-10-15(20)19-9-11-4-2-1-3-5-11/h6-8,11H,1-5,9-10H2,(H,19,20). The summed E-state index contributed by atoms with van der Waals surface area (Å²) in [6.45, 7) is 0.257. The van der Waals surface area contributed by atoms with Crippen LogP contribution in [0.25, 0.3) is 0 Å². The fourth-order valence-electron chi connectivity index (χ4n) is 2.56. The highest BCUT2D eigenvalue weighted by atomic mass is 35.5. The number of esters is 1. The Morgan fingerprint density at radius 2 is 2.00 bits per heavy atom. The number of ether oxygens (including phenoxy) is 1. The molecule has 22 heavy (non-hydrogen) atoms. The Hall–Kier alpha value is -1.62. The molecular weight excluding hydrogens is 309 g/mol. The van der Waals surface area contributed by atoms with Gasteiger partial charge in [0.25, 0.3) is 5.91 Å². The molecule has 120 valence electrons. The summed E-state index contributed by atoms with van der Waals surface area (Å²) < 4.78 is 17.8. The average molecular weight is 328 g/mol. The van der Waals surface area contributed by atoms with E-state index in [9.17, 15) is 14.0 Å². The van der Waals surface area contributed by atoms with Crippen molar-refractivity contribution >= 4 is 23.5 Å². The molecule has 1 aromatic carbocycles. The van der Waals surface area contributed by atoms with Crippen LogP contribution in [-0.2, 0) is 9.53 Å². The fourth-order valence-corrected chi connectivity index (χ4v) is 2.81. The maximum atomic E-state index is 12.9. The Labute approximate surface area is 134 Å². The summed E-state index contributed by atoms with van der Waals surface area (Å²) in [6, 6.07) is 3.38. The largest absolute Gasteiger partial charge is 0.452 e. The van der Waals surface area contributed by atoms with Crippen molar-refractivity contribution < 1.29 is 18.7 Å². The molecule has 1 aliphatic rings. The van der Waals surface area contributed by atoms with Crippen LogP contribution >= 0.6 is 11.6 Å². The summed E-state index contributed by atoms with van der Waals surface area (Å²) in [4.78, 5) is 23.5. The Bertz CT molecular complexity index is 544. The van der Waals surface area contributed by atoms with E-state index in [0.717, 1.165) is 25.0 Å². The highest BCUT2D eigenvalue weighted by Gasteiger charge is 2.16. The molecule has 0 heterocycles. The lowest BCUT2D eigenvalue weighted by Gasteiger charge is -2.21. The molecule has 0 saturated heterocycles. The van der Waals surface area contributed by atoms with Crippen LogP contribution in [0.15, 0.2) is 18.2 Å². The van der Waals surface area contributed by atoms with Crippen LogP contribution in [-0.4, -0.2) is 25.0 Å². The van der Waals surface area contributed by atoms with E-state index >= 15 is 0 Å². The molecule has 1 amide bonds. The van der Waals surface area contributed by atoms with Gasteiger partial charge in [-0.15, -0.1) is 0 Å². The number of carbonyl (C=O) groups is 2. The van der Waals surface area contributed by atoms with Gasteiger partial charge in [0.2, 0.25) is 0 Å². The molecule has 1 aromatic rings. The van der Waals surface area contributed by atoms with Crippen molar-refractivity contribution in [3.8, 4) is 0 Å². The van der Waals surface area contributed by atoms with Gasteiger partial charge in [-0.25, -0.2) is 9.18 Å². The Morgan fingerprint density at radius 3 is 2.68 bits per heavy atom. The van der Waals surface area contributed by atoms with Crippen LogP contribution in [0.5, 0.6) is 0 Å². The zero-order valence-electron chi connectivity index (χ0n) is 12.2. The highest BCUT2D eigenvalue weighted by molar-refractivity contribution is 6.33. The topological polar surface area (TPSA) is 55.4 Å². The monoisotopic (exact) mass is 327 g/mol. The van der Waals surface area contributed by atoms with Crippen LogP contribution < -0.4 is 5.32 Å². The summed E-state index contributed by atoms with van der Waals surface area (Å²) >= 11 is 5.76. The lowest BCUT2D eigenvalue weighted by molar-refractivity contribution is -0.124. The Balaban J connectivity index is 1.74. The molecule has 0 spiro atoms. The Morgan fingerprint density at radius 1 is 1.27 bits per heavy atom. The van der Waals surface area contributed by atoms with Crippen molar-refractivity contribution in [1.82, 2.24) is 5.32 Å². The second-order valence-electron chi connectivity index (χ2n) is 5.51. The smallest absolute Gasteiger partial charge is 0.340 e. The first-order chi connectivity index (χ1) is 10.6. The third kappa shape index (κ3) is 4.98. The molecular formula is C16H19ClFNO3. The van der Waals surface area contributed by atoms with Gasteiger partial charge in [0, 0.05) is 6.54 Å². The van der Waals surface area contributed by atoms with Gasteiger partial charge >= 0.3 is 5.97 Å². The third-order valence-electron chi connectivity index (χ3n) is 3.80. The van der Waals surface area contributed by atoms with Crippen LogP contribution in [0.1, 0.15) is 42.5 Å². The van der Waals surface area contributed by atoms with Crippen LogP contribution in [0.3, 0.4) is 0 Å². The number of carbonyl (C=O) groups excluding carboxylic acids is 2. The third-order valence-corrected chi connectivity index (χ3v) is 4.11. The lowest BCUT2D eigenvalue weighted by atomic mass is 9.89. The summed E-state index contributed by atoms with van der Waals surface area (Å²) in [7, 11) is 0. The summed E-state index contributed by atoms with van der Waals surface area (Å²) in [6.07, 6.45) is 5.94. The van der Waals surface area contributed by atoms with Gasteiger partial charge in [-0.05, 0) is 37.0 Å². The van der Waals surface area contributed by atoms with Gasteiger partial charge in [-0.2, -0.15) is 0 Å². The summed E-state index contributed by atoms with van der Waals surface area (Å²) in [5.74, 6) is -1.10. The average Bonchev–Trinajstić information content (AvgIpc) is 2.51. The van der Waals surface area contributed by atoms with E-state index < -0.39 is 11.8 Å².